The van der Waals surface area contributed by atoms with Crippen LogP contribution in [0.15, 0.2) is 40.5 Å². The summed E-state index contributed by atoms with van der Waals surface area (Å²) in [5.41, 5.74) is 3.79. The first-order valence-corrected chi connectivity index (χ1v) is 13.3. The van der Waals surface area contributed by atoms with E-state index in [2.05, 4.69) is 96.6 Å². The molecule has 0 aliphatic carbocycles. The molecule has 0 spiro atoms. The number of aryl methyl sites for hydroxylation is 2. The molecular weight excluding hydrogens is 456 g/mol. The van der Waals surface area contributed by atoms with Crippen LogP contribution in [0.5, 0.6) is 0 Å². The summed E-state index contributed by atoms with van der Waals surface area (Å²) < 4.78 is 1.98. The number of nitrogens with zero attached hydrogens (tertiary/aromatic N) is 5. The van der Waals surface area contributed by atoms with E-state index in [4.69, 9.17) is 0 Å². The molecule has 0 aliphatic rings. The molecule has 3 aromatic heterocycles. The van der Waals surface area contributed by atoms with E-state index in [1.54, 1.807) is 11.3 Å². The van der Waals surface area contributed by atoms with E-state index in [0.717, 1.165) is 48.1 Å². The van der Waals surface area contributed by atoms with E-state index >= 15 is 0 Å². The monoisotopic (exact) mass is 492 g/mol. The summed E-state index contributed by atoms with van der Waals surface area (Å²) in [7, 11) is 0. The van der Waals surface area contributed by atoms with Crippen LogP contribution in [-0.2, 0) is 18.6 Å². The van der Waals surface area contributed by atoms with Gasteiger partial charge in [-0.05, 0) is 97.1 Å². The zero-order valence-electron chi connectivity index (χ0n) is 21.6. The van der Waals surface area contributed by atoms with Crippen molar-refractivity contribution in [2.75, 3.05) is 0 Å². The molecule has 0 bridgehead atoms. The zero-order chi connectivity index (χ0) is 25.2. The van der Waals surface area contributed by atoms with Gasteiger partial charge in [0.15, 0.2) is 5.82 Å². The van der Waals surface area contributed by atoms with Crippen molar-refractivity contribution in [3.63, 3.8) is 0 Å². The summed E-state index contributed by atoms with van der Waals surface area (Å²) in [4.78, 5) is 19.9. The number of pyridine rings is 1. The number of nitrogens with one attached hydrogen (secondary N) is 1. The van der Waals surface area contributed by atoms with Gasteiger partial charge in [-0.15, -0.1) is 16.4 Å². The van der Waals surface area contributed by atoms with Gasteiger partial charge in [-0.2, -0.15) is 0 Å². The Bertz CT molecular complexity index is 1340. The lowest BCUT2D eigenvalue weighted by molar-refractivity contribution is 0.147. The van der Waals surface area contributed by atoms with Gasteiger partial charge >= 0.3 is 0 Å². The topological polar surface area (TPSA) is 79.7 Å². The molecule has 7 nitrogen and oxygen atoms in total. The number of rotatable bonds is 10. The van der Waals surface area contributed by atoms with Crippen LogP contribution in [0.1, 0.15) is 80.4 Å². The number of tetrazole rings is 1. The number of aromatic nitrogens is 5. The molecule has 1 N–H and O–H groups in total. The highest BCUT2D eigenvalue weighted by Gasteiger charge is 2.31. The average Bonchev–Trinajstić information content (AvgIpc) is 3.51. The Morgan fingerprint density at radius 1 is 1.14 bits per heavy atom. The van der Waals surface area contributed by atoms with Crippen molar-refractivity contribution in [1.82, 2.24) is 30.1 Å². The highest BCUT2D eigenvalue weighted by molar-refractivity contribution is 7.09. The third-order valence-corrected chi connectivity index (χ3v) is 7.94. The van der Waals surface area contributed by atoms with Crippen LogP contribution < -0.4 is 5.56 Å². The first-order chi connectivity index (χ1) is 16.7. The van der Waals surface area contributed by atoms with Gasteiger partial charge in [0.2, 0.25) is 0 Å². The number of hydrogen-bond donors (Lipinski definition) is 1. The molecule has 8 heteroatoms. The third kappa shape index (κ3) is 5.38. The molecule has 0 saturated heterocycles. The molecule has 3 heterocycles. The van der Waals surface area contributed by atoms with Gasteiger partial charge < -0.3 is 4.98 Å². The van der Waals surface area contributed by atoms with Crippen molar-refractivity contribution in [2.24, 2.45) is 0 Å². The van der Waals surface area contributed by atoms with Gasteiger partial charge in [-0.1, -0.05) is 26.3 Å². The number of aromatic amines is 1. The smallest absolute Gasteiger partial charge is 0.252 e. The fourth-order valence-electron chi connectivity index (χ4n) is 4.47. The molecule has 1 aromatic carbocycles. The third-order valence-electron chi connectivity index (χ3n) is 7.08. The maximum Gasteiger partial charge on any atom is 0.252 e. The van der Waals surface area contributed by atoms with Crippen molar-refractivity contribution < 1.29 is 0 Å². The summed E-state index contributed by atoms with van der Waals surface area (Å²) >= 11 is 1.73. The van der Waals surface area contributed by atoms with Gasteiger partial charge in [0, 0.05) is 29.0 Å². The van der Waals surface area contributed by atoms with Gasteiger partial charge in [-0.25, -0.2) is 4.68 Å². The summed E-state index contributed by atoms with van der Waals surface area (Å²) in [5.74, 6) is 0.860. The molecule has 35 heavy (non-hydrogen) atoms. The number of benzene rings is 1. The first kappa shape index (κ1) is 25.3. The molecule has 186 valence electrons. The highest BCUT2D eigenvalue weighted by Crippen LogP contribution is 2.32. The van der Waals surface area contributed by atoms with Gasteiger partial charge in [0.1, 0.15) is 0 Å². The maximum atomic E-state index is 13.2. The summed E-state index contributed by atoms with van der Waals surface area (Å²) in [5, 5.41) is 16.1. The Labute approximate surface area is 211 Å². The summed E-state index contributed by atoms with van der Waals surface area (Å²) in [6.45, 7) is 14.1. The van der Waals surface area contributed by atoms with Crippen molar-refractivity contribution in [2.45, 2.75) is 85.5 Å². The SMILES string of the molecule is CCCC(c1nnnn1C(C)(C)CC)N(Cc1cccs1)Cc1cc2cc(C)c(C)cc2[nH]c1=O. The second-order valence-corrected chi connectivity index (χ2v) is 11.1. The largest absolute Gasteiger partial charge is 0.322 e. The number of fused-ring (bicyclic) bond motifs is 1. The van der Waals surface area contributed by atoms with Crippen LogP contribution in [0.3, 0.4) is 0 Å². The normalized spacial score (nSPS) is 13.1. The molecule has 0 aliphatic heterocycles. The Morgan fingerprint density at radius 3 is 2.60 bits per heavy atom. The van der Waals surface area contributed by atoms with Crippen LogP contribution in [0.25, 0.3) is 10.9 Å². The Kier molecular flexibility index (Phi) is 7.52. The second-order valence-electron chi connectivity index (χ2n) is 10.1. The molecule has 1 unspecified atom stereocenters. The molecule has 4 rings (SSSR count). The standard InChI is InChI=1S/C27H36N6OS/c1-7-10-24(25-29-30-31-33(25)27(5,6)8-2)32(17-22-11-9-12-35-22)16-21-15-20-13-18(3)19(4)14-23(20)28-26(21)34/h9,11-15,24H,7-8,10,16-17H2,1-6H3,(H,28,34). The Balaban J connectivity index is 1.78. The lowest BCUT2D eigenvalue weighted by Gasteiger charge is -2.33. The van der Waals surface area contributed by atoms with E-state index in [0.29, 0.717) is 6.54 Å². The molecule has 0 amide bonds. The minimum absolute atomic E-state index is 0.0159. The Morgan fingerprint density at radius 2 is 1.91 bits per heavy atom. The van der Waals surface area contributed by atoms with Crippen molar-refractivity contribution in [1.29, 1.82) is 0 Å². The van der Waals surface area contributed by atoms with Gasteiger partial charge in [0.05, 0.1) is 11.6 Å². The van der Waals surface area contributed by atoms with Crippen LogP contribution in [0.2, 0.25) is 0 Å². The molecule has 0 fully saturated rings. The minimum Gasteiger partial charge on any atom is -0.322 e. The predicted molar refractivity (Wildman–Crippen MR) is 143 cm³/mol. The lowest BCUT2D eigenvalue weighted by Crippen LogP contribution is -2.36. The van der Waals surface area contributed by atoms with E-state index in [-0.39, 0.29) is 17.1 Å². The van der Waals surface area contributed by atoms with Crippen molar-refractivity contribution >= 4 is 22.2 Å². The molecule has 0 radical (unpaired) electrons. The fraction of sp³-hybridized carbons (Fsp3) is 0.481. The summed E-state index contributed by atoms with van der Waals surface area (Å²) in [6.07, 6.45) is 2.80. The zero-order valence-corrected chi connectivity index (χ0v) is 22.4. The fourth-order valence-corrected chi connectivity index (χ4v) is 5.20. The molecule has 4 aromatic rings. The van der Waals surface area contributed by atoms with Crippen molar-refractivity contribution in [3.8, 4) is 0 Å². The number of thiophene rings is 1. The van der Waals surface area contributed by atoms with E-state index in [1.807, 2.05) is 10.7 Å². The molecule has 0 saturated carbocycles. The number of H-pyrrole nitrogens is 1. The van der Waals surface area contributed by atoms with Gasteiger partial charge in [-0.3, -0.25) is 9.69 Å². The second kappa shape index (κ2) is 10.4. The molecule has 1 atom stereocenters. The predicted octanol–water partition coefficient (Wildman–Crippen LogP) is 5.88. The van der Waals surface area contributed by atoms with Crippen molar-refractivity contribution in [3.05, 3.63) is 73.5 Å². The quantitative estimate of drug-likeness (QED) is 0.299. The average molecular weight is 493 g/mol. The van der Waals surface area contributed by atoms with E-state index in [1.165, 1.54) is 16.0 Å². The van der Waals surface area contributed by atoms with Crippen LogP contribution in [0, 0.1) is 13.8 Å². The maximum absolute atomic E-state index is 13.2. The van der Waals surface area contributed by atoms with Crippen LogP contribution in [0.4, 0.5) is 0 Å². The minimum atomic E-state index is -0.199. The Hall–Kier alpha value is -2.84. The summed E-state index contributed by atoms with van der Waals surface area (Å²) in [6, 6.07) is 10.5. The molecular formula is C27H36N6OS. The van der Waals surface area contributed by atoms with Gasteiger partial charge in [0.25, 0.3) is 5.56 Å². The highest BCUT2D eigenvalue weighted by atomic mass is 32.1. The van der Waals surface area contributed by atoms with Crippen LogP contribution in [-0.4, -0.2) is 30.1 Å². The first-order valence-electron chi connectivity index (χ1n) is 12.4. The van der Waals surface area contributed by atoms with E-state index in [9.17, 15) is 4.79 Å². The number of hydrogen-bond acceptors (Lipinski definition) is 6. The lowest BCUT2D eigenvalue weighted by atomic mass is 10.0. The van der Waals surface area contributed by atoms with Crippen LogP contribution >= 0.6 is 11.3 Å². The van der Waals surface area contributed by atoms with E-state index < -0.39 is 0 Å².